The van der Waals surface area contributed by atoms with E-state index in [4.69, 9.17) is 16.2 Å². The molecule has 0 fully saturated rings. The minimum atomic E-state index is 0.0899. The third-order valence-corrected chi connectivity index (χ3v) is 3.38. The number of rotatable bonds is 5. The molecule has 0 spiro atoms. The molecule has 3 aromatic rings. The second-order valence-corrected chi connectivity index (χ2v) is 5.08. The smallest absolute Gasteiger partial charge is 0.225 e. The van der Waals surface area contributed by atoms with Crippen molar-refractivity contribution in [1.29, 1.82) is 0 Å². The molecule has 7 heteroatoms. The largest absolute Gasteiger partial charge is 0.507 e. The summed E-state index contributed by atoms with van der Waals surface area (Å²) >= 11 is 0. The molecule has 0 saturated carbocycles. The Morgan fingerprint density at radius 3 is 2.17 bits per heavy atom. The fraction of sp³-hybridized carbons (Fsp3) is 0.118. The van der Waals surface area contributed by atoms with Crippen molar-refractivity contribution in [1.82, 2.24) is 15.0 Å². The summed E-state index contributed by atoms with van der Waals surface area (Å²) in [4.78, 5) is 11.8. The molecular weight excluding hydrogens is 306 g/mol. The summed E-state index contributed by atoms with van der Waals surface area (Å²) in [5.74, 6) is 1.51. The Hall–Kier alpha value is -3.35. The minimum absolute atomic E-state index is 0.0899. The number of hydrogen-bond donors (Lipinski definition) is 3. The number of para-hydroxylation sites is 2. The number of nitrogens with two attached hydrogens (primary N) is 2. The first-order valence-electron chi connectivity index (χ1n) is 7.39. The van der Waals surface area contributed by atoms with E-state index in [1.807, 2.05) is 36.4 Å². The van der Waals surface area contributed by atoms with Gasteiger partial charge >= 0.3 is 0 Å². The van der Waals surface area contributed by atoms with Gasteiger partial charge in [-0.15, -0.1) is 0 Å². The Balaban J connectivity index is 1.75. The molecule has 7 nitrogen and oxygen atoms in total. The Morgan fingerprint density at radius 1 is 0.833 bits per heavy atom. The predicted octanol–water partition coefficient (Wildman–Crippen LogP) is 2.03. The molecule has 0 atom stereocenters. The summed E-state index contributed by atoms with van der Waals surface area (Å²) in [6, 6.07) is 14.6. The quantitative estimate of drug-likeness (QED) is 0.657. The van der Waals surface area contributed by atoms with Crippen molar-refractivity contribution < 1.29 is 9.84 Å². The van der Waals surface area contributed by atoms with Crippen LogP contribution in [0.25, 0.3) is 11.1 Å². The standard InChI is InChI=1S/C17H17N5O2/c18-16-20-15(21-17(19)22-16)9-10-24-14-8-4-2-6-12(14)11-5-1-3-7-13(11)23/h1-8,23H,9-10H2,(H4,18,19,20,21,22). The van der Waals surface area contributed by atoms with Crippen molar-refractivity contribution in [2.75, 3.05) is 18.1 Å². The first-order valence-corrected chi connectivity index (χ1v) is 7.39. The highest BCUT2D eigenvalue weighted by Gasteiger charge is 2.10. The van der Waals surface area contributed by atoms with Gasteiger partial charge in [-0.05, 0) is 12.1 Å². The zero-order chi connectivity index (χ0) is 16.9. The van der Waals surface area contributed by atoms with Crippen molar-refractivity contribution in [3.05, 3.63) is 54.4 Å². The molecule has 0 amide bonds. The lowest BCUT2D eigenvalue weighted by Crippen LogP contribution is -2.10. The maximum absolute atomic E-state index is 10.0. The molecule has 0 aliphatic heterocycles. The van der Waals surface area contributed by atoms with Crippen molar-refractivity contribution in [2.45, 2.75) is 6.42 Å². The molecule has 5 N–H and O–H groups in total. The second-order valence-electron chi connectivity index (χ2n) is 5.08. The van der Waals surface area contributed by atoms with Gasteiger partial charge in [-0.25, -0.2) is 0 Å². The first-order chi connectivity index (χ1) is 11.6. The van der Waals surface area contributed by atoms with E-state index in [0.29, 0.717) is 30.2 Å². The fourth-order valence-electron chi connectivity index (χ4n) is 2.34. The molecule has 0 bridgehead atoms. The molecule has 0 radical (unpaired) electrons. The Morgan fingerprint density at radius 2 is 1.46 bits per heavy atom. The highest BCUT2D eigenvalue weighted by molar-refractivity contribution is 5.75. The molecule has 1 aromatic heterocycles. The Kier molecular flexibility index (Phi) is 4.42. The van der Waals surface area contributed by atoms with E-state index in [2.05, 4.69) is 15.0 Å². The normalized spacial score (nSPS) is 10.5. The van der Waals surface area contributed by atoms with Crippen LogP contribution in [0.15, 0.2) is 48.5 Å². The van der Waals surface area contributed by atoms with Crippen LogP contribution < -0.4 is 16.2 Å². The minimum Gasteiger partial charge on any atom is -0.507 e. The molecule has 0 aliphatic rings. The molecule has 1 heterocycles. The maximum Gasteiger partial charge on any atom is 0.225 e. The van der Waals surface area contributed by atoms with Gasteiger partial charge in [0.2, 0.25) is 11.9 Å². The summed E-state index contributed by atoms with van der Waals surface area (Å²) in [7, 11) is 0. The first kappa shape index (κ1) is 15.5. The van der Waals surface area contributed by atoms with E-state index in [0.717, 1.165) is 5.56 Å². The molecule has 2 aromatic carbocycles. The topological polar surface area (TPSA) is 120 Å². The summed E-state index contributed by atoms with van der Waals surface area (Å²) < 4.78 is 5.84. The Bertz CT molecular complexity index is 834. The third kappa shape index (κ3) is 3.52. The number of ether oxygens (including phenoxy) is 1. The SMILES string of the molecule is Nc1nc(N)nc(CCOc2ccccc2-c2ccccc2O)n1. The van der Waals surface area contributed by atoms with E-state index in [9.17, 15) is 5.11 Å². The monoisotopic (exact) mass is 323 g/mol. The van der Waals surface area contributed by atoms with E-state index in [-0.39, 0.29) is 17.6 Å². The maximum atomic E-state index is 10.0. The van der Waals surface area contributed by atoms with Crippen molar-refractivity contribution in [3.8, 4) is 22.6 Å². The number of phenols is 1. The molecule has 3 rings (SSSR count). The van der Waals surface area contributed by atoms with Crippen molar-refractivity contribution in [3.63, 3.8) is 0 Å². The molecular formula is C17H17N5O2. The summed E-state index contributed by atoms with van der Waals surface area (Å²) in [6.07, 6.45) is 0.437. The van der Waals surface area contributed by atoms with Gasteiger partial charge in [-0.3, -0.25) is 0 Å². The van der Waals surface area contributed by atoms with E-state index in [1.165, 1.54) is 0 Å². The highest BCUT2D eigenvalue weighted by Crippen LogP contribution is 2.35. The average Bonchev–Trinajstić information content (AvgIpc) is 2.55. The van der Waals surface area contributed by atoms with Gasteiger partial charge in [-0.1, -0.05) is 36.4 Å². The molecule has 0 saturated heterocycles. The lowest BCUT2D eigenvalue weighted by atomic mass is 10.0. The number of hydrogen-bond acceptors (Lipinski definition) is 7. The van der Waals surface area contributed by atoms with Gasteiger partial charge in [0.15, 0.2) is 0 Å². The van der Waals surface area contributed by atoms with Gasteiger partial charge < -0.3 is 21.3 Å². The van der Waals surface area contributed by atoms with Crippen LogP contribution in [0.1, 0.15) is 5.82 Å². The van der Waals surface area contributed by atoms with E-state index in [1.54, 1.807) is 12.1 Å². The summed E-state index contributed by atoms with van der Waals surface area (Å²) in [6.45, 7) is 0.341. The number of phenolic OH excluding ortho intramolecular Hbond substituents is 1. The number of aromatic hydroxyl groups is 1. The predicted molar refractivity (Wildman–Crippen MR) is 91.4 cm³/mol. The molecule has 0 aliphatic carbocycles. The number of aromatic nitrogens is 3. The lowest BCUT2D eigenvalue weighted by Gasteiger charge is -2.12. The van der Waals surface area contributed by atoms with Gasteiger partial charge in [-0.2, -0.15) is 15.0 Å². The van der Waals surface area contributed by atoms with Crippen molar-refractivity contribution in [2.24, 2.45) is 0 Å². The van der Waals surface area contributed by atoms with Crippen LogP contribution in [0.5, 0.6) is 11.5 Å². The summed E-state index contributed by atoms with van der Waals surface area (Å²) in [5.41, 5.74) is 12.6. The zero-order valence-corrected chi connectivity index (χ0v) is 12.9. The van der Waals surface area contributed by atoms with Crippen LogP contribution in [0.3, 0.4) is 0 Å². The second kappa shape index (κ2) is 6.82. The molecule has 24 heavy (non-hydrogen) atoms. The van der Waals surface area contributed by atoms with Crippen LogP contribution in [-0.2, 0) is 6.42 Å². The Labute approximate surface area is 139 Å². The van der Waals surface area contributed by atoms with Crippen LogP contribution in [0, 0.1) is 0 Å². The van der Waals surface area contributed by atoms with E-state index >= 15 is 0 Å². The van der Waals surface area contributed by atoms with Crippen LogP contribution in [0.2, 0.25) is 0 Å². The van der Waals surface area contributed by atoms with Crippen LogP contribution in [0.4, 0.5) is 11.9 Å². The lowest BCUT2D eigenvalue weighted by molar-refractivity contribution is 0.320. The van der Waals surface area contributed by atoms with Gasteiger partial charge in [0, 0.05) is 17.5 Å². The average molecular weight is 323 g/mol. The van der Waals surface area contributed by atoms with Crippen molar-refractivity contribution >= 4 is 11.9 Å². The third-order valence-electron chi connectivity index (χ3n) is 3.38. The number of anilines is 2. The number of benzene rings is 2. The molecule has 122 valence electrons. The van der Waals surface area contributed by atoms with Gasteiger partial charge in [0.05, 0.1) is 6.61 Å². The number of nitrogen functional groups attached to an aromatic ring is 2. The van der Waals surface area contributed by atoms with Gasteiger partial charge in [0.25, 0.3) is 0 Å². The highest BCUT2D eigenvalue weighted by atomic mass is 16.5. The zero-order valence-electron chi connectivity index (χ0n) is 12.9. The molecule has 0 unspecified atom stereocenters. The van der Waals surface area contributed by atoms with E-state index < -0.39 is 0 Å². The summed E-state index contributed by atoms with van der Waals surface area (Å²) in [5, 5.41) is 10.0. The van der Waals surface area contributed by atoms with Gasteiger partial charge in [0.1, 0.15) is 17.3 Å². The fourth-order valence-corrected chi connectivity index (χ4v) is 2.34. The van der Waals surface area contributed by atoms with Crippen LogP contribution in [-0.4, -0.2) is 26.7 Å². The van der Waals surface area contributed by atoms with Crippen LogP contribution >= 0.6 is 0 Å². The number of nitrogens with zero attached hydrogens (tertiary/aromatic N) is 3.